The van der Waals surface area contributed by atoms with Crippen LogP contribution < -0.4 is 5.73 Å². The van der Waals surface area contributed by atoms with Crippen LogP contribution >= 0.6 is 11.8 Å². The molecule has 0 aliphatic carbocycles. The Labute approximate surface area is 98.9 Å². The first kappa shape index (κ1) is 11.2. The topological polar surface area (TPSA) is 56.7 Å². The predicted molar refractivity (Wildman–Crippen MR) is 64.2 cm³/mol. The summed E-state index contributed by atoms with van der Waals surface area (Å²) in [7, 11) is 1.90. The smallest absolute Gasteiger partial charge is 0.106 e. The normalized spacial score (nSPS) is 10.7. The Bertz CT molecular complexity index is 492. The van der Waals surface area contributed by atoms with Crippen molar-refractivity contribution in [3.05, 3.63) is 35.8 Å². The van der Waals surface area contributed by atoms with Crippen molar-refractivity contribution in [2.45, 2.75) is 23.4 Å². The molecule has 2 aromatic heterocycles. The van der Waals surface area contributed by atoms with E-state index >= 15 is 0 Å². The van der Waals surface area contributed by atoms with Crippen molar-refractivity contribution in [3.63, 3.8) is 0 Å². The van der Waals surface area contributed by atoms with Gasteiger partial charge in [-0.1, -0.05) is 11.8 Å². The lowest BCUT2D eigenvalue weighted by atomic mass is 10.2. The zero-order valence-corrected chi connectivity index (χ0v) is 10.2. The first-order valence-corrected chi connectivity index (χ1v) is 5.83. The van der Waals surface area contributed by atoms with Gasteiger partial charge < -0.3 is 5.73 Å². The number of aryl methyl sites for hydroxylation is 2. The molecule has 5 heteroatoms. The van der Waals surface area contributed by atoms with Crippen LogP contribution in [-0.2, 0) is 13.6 Å². The molecule has 16 heavy (non-hydrogen) atoms. The Morgan fingerprint density at radius 2 is 2.31 bits per heavy atom. The van der Waals surface area contributed by atoms with Gasteiger partial charge in [0.05, 0.1) is 11.1 Å². The predicted octanol–water partition coefficient (Wildman–Crippen LogP) is 1.73. The lowest BCUT2D eigenvalue weighted by molar-refractivity contribution is 0.766. The Kier molecular flexibility index (Phi) is 3.26. The zero-order valence-electron chi connectivity index (χ0n) is 9.34. The molecule has 0 aliphatic heterocycles. The molecule has 0 bridgehead atoms. The van der Waals surface area contributed by atoms with E-state index in [9.17, 15) is 0 Å². The van der Waals surface area contributed by atoms with Gasteiger partial charge in [-0.25, -0.2) is 4.98 Å². The van der Waals surface area contributed by atoms with Crippen molar-refractivity contribution in [2.75, 3.05) is 0 Å². The third kappa shape index (κ3) is 2.25. The highest BCUT2D eigenvalue weighted by Crippen LogP contribution is 2.29. The molecule has 0 aliphatic rings. The molecule has 2 heterocycles. The molecular formula is C11H14N4S. The van der Waals surface area contributed by atoms with Gasteiger partial charge in [-0.15, -0.1) is 0 Å². The molecule has 0 aromatic carbocycles. The summed E-state index contributed by atoms with van der Waals surface area (Å²) in [5, 5.41) is 5.10. The van der Waals surface area contributed by atoms with Gasteiger partial charge in [-0.2, -0.15) is 5.10 Å². The highest BCUT2D eigenvalue weighted by molar-refractivity contribution is 7.99. The standard InChI is InChI=1S/C11H14N4S/c1-8-3-4-13-11(10(8)5-12)16-9-6-14-15(2)7-9/h3-4,6-7H,5,12H2,1-2H3. The van der Waals surface area contributed by atoms with Crippen LogP contribution in [-0.4, -0.2) is 14.8 Å². The maximum atomic E-state index is 5.74. The van der Waals surface area contributed by atoms with Gasteiger partial charge in [0, 0.05) is 31.5 Å². The highest BCUT2D eigenvalue weighted by Gasteiger charge is 2.08. The minimum absolute atomic E-state index is 0.516. The molecule has 0 atom stereocenters. The number of aromatic nitrogens is 3. The van der Waals surface area contributed by atoms with Gasteiger partial charge in [0.1, 0.15) is 5.03 Å². The second-order valence-corrected chi connectivity index (χ2v) is 4.63. The first-order valence-electron chi connectivity index (χ1n) is 5.01. The number of rotatable bonds is 3. The van der Waals surface area contributed by atoms with Crippen LogP contribution in [0.2, 0.25) is 0 Å². The van der Waals surface area contributed by atoms with E-state index in [0.717, 1.165) is 15.5 Å². The largest absolute Gasteiger partial charge is 0.326 e. The Hall–Kier alpha value is -1.33. The Morgan fingerprint density at radius 3 is 2.94 bits per heavy atom. The molecule has 0 amide bonds. The molecular weight excluding hydrogens is 220 g/mol. The van der Waals surface area contributed by atoms with Crippen molar-refractivity contribution in [2.24, 2.45) is 12.8 Å². The third-order valence-electron chi connectivity index (χ3n) is 2.35. The van der Waals surface area contributed by atoms with Gasteiger partial charge in [0.15, 0.2) is 0 Å². The monoisotopic (exact) mass is 234 g/mol. The van der Waals surface area contributed by atoms with Crippen molar-refractivity contribution in [1.82, 2.24) is 14.8 Å². The molecule has 84 valence electrons. The number of nitrogens with zero attached hydrogens (tertiary/aromatic N) is 3. The summed E-state index contributed by atoms with van der Waals surface area (Å²) in [6, 6.07) is 1.98. The third-order valence-corrected chi connectivity index (χ3v) is 3.34. The molecule has 0 fully saturated rings. The van der Waals surface area contributed by atoms with Gasteiger partial charge in [0.25, 0.3) is 0 Å². The number of pyridine rings is 1. The maximum Gasteiger partial charge on any atom is 0.106 e. The van der Waals surface area contributed by atoms with E-state index < -0.39 is 0 Å². The quantitative estimate of drug-likeness (QED) is 0.878. The van der Waals surface area contributed by atoms with Crippen LogP contribution in [0.25, 0.3) is 0 Å². The van der Waals surface area contributed by atoms with Gasteiger partial charge in [-0.3, -0.25) is 4.68 Å². The molecule has 2 N–H and O–H groups in total. The van der Waals surface area contributed by atoms with Crippen LogP contribution in [0, 0.1) is 6.92 Å². The molecule has 0 saturated heterocycles. The summed E-state index contributed by atoms with van der Waals surface area (Å²) in [5.41, 5.74) is 8.03. The summed E-state index contributed by atoms with van der Waals surface area (Å²) in [5.74, 6) is 0. The summed E-state index contributed by atoms with van der Waals surface area (Å²) in [4.78, 5) is 5.44. The van der Waals surface area contributed by atoms with E-state index in [2.05, 4.69) is 17.0 Å². The molecule has 0 radical (unpaired) electrons. The fourth-order valence-electron chi connectivity index (χ4n) is 1.46. The summed E-state index contributed by atoms with van der Waals surface area (Å²) >= 11 is 1.60. The van der Waals surface area contributed by atoms with Gasteiger partial charge in [0.2, 0.25) is 0 Å². The van der Waals surface area contributed by atoms with Crippen LogP contribution in [0.15, 0.2) is 34.6 Å². The lowest BCUT2D eigenvalue weighted by Gasteiger charge is -2.07. The minimum Gasteiger partial charge on any atom is -0.326 e. The Morgan fingerprint density at radius 1 is 1.50 bits per heavy atom. The van der Waals surface area contributed by atoms with Crippen LogP contribution in [0.4, 0.5) is 0 Å². The minimum atomic E-state index is 0.516. The van der Waals surface area contributed by atoms with E-state index in [0.29, 0.717) is 6.54 Å². The second-order valence-electron chi connectivity index (χ2n) is 3.57. The van der Waals surface area contributed by atoms with Crippen LogP contribution in [0.5, 0.6) is 0 Å². The molecule has 0 unspecified atom stereocenters. The number of hydrogen-bond donors (Lipinski definition) is 1. The maximum absolute atomic E-state index is 5.74. The average Bonchev–Trinajstić information content (AvgIpc) is 2.64. The SMILES string of the molecule is Cc1ccnc(Sc2cnn(C)c2)c1CN. The number of hydrogen-bond acceptors (Lipinski definition) is 4. The summed E-state index contributed by atoms with van der Waals surface area (Å²) < 4.78 is 1.78. The second kappa shape index (κ2) is 4.67. The number of nitrogens with two attached hydrogens (primary N) is 1. The molecule has 4 nitrogen and oxygen atoms in total. The summed E-state index contributed by atoms with van der Waals surface area (Å²) in [6.45, 7) is 2.57. The average molecular weight is 234 g/mol. The van der Waals surface area contributed by atoms with Crippen molar-refractivity contribution >= 4 is 11.8 Å². The van der Waals surface area contributed by atoms with E-state index in [1.807, 2.05) is 31.7 Å². The molecule has 2 aromatic rings. The van der Waals surface area contributed by atoms with Crippen molar-refractivity contribution in [1.29, 1.82) is 0 Å². The van der Waals surface area contributed by atoms with Gasteiger partial charge >= 0.3 is 0 Å². The van der Waals surface area contributed by atoms with Crippen LogP contribution in [0.1, 0.15) is 11.1 Å². The van der Waals surface area contributed by atoms with Gasteiger partial charge in [-0.05, 0) is 18.6 Å². The highest BCUT2D eigenvalue weighted by atomic mass is 32.2. The molecule has 0 spiro atoms. The fourth-order valence-corrected chi connectivity index (χ4v) is 2.47. The summed E-state index contributed by atoms with van der Waals surface area (Å²) in [6.07, 6.45) is 5.61. The molecule has 2 rings (SSSR count). The van der Waals surface area contributed by atoms with E-state index in [4.69, 9.17) is 5.73 Å². The van der Waals surface area contributed by atoms with Crippen molar-refractivity contribution in [3.8, 4) is 0 Å². The van der Waals surface area contributed by atoms with E-state index in [1.54, 1.807) is 16.4 Å². The zero-order chi connectivity index (χ0) is 11.5. The first-order chi connectivity index (χ1) is 7.70. The van der Waals surface area contributed by atoms with Crippen LogP contribution in [0.3, 0.4) is 0 Å². The fraction of sp³-hybridized carbons (Fsp3) is 0.273. The van der Waals surface area contributed by atoms with E-state index in [-0.39, 0.29) is 0 Å². The Balaban J connectivity index is 2.30. The van der Waals surface area contributed by atoms with Crippen molar-refractivity contribution < 1.29 is 0 Å². The van der Waals surface area contributed by atoms with E-state index in [1.165, 1.54) is 5.56 Å². The molecule has 0 saturated carbocycles. The lowest BCUT2D eigenvalue weighted by Crippen LogP contribution is -2.02.